The highest BCUT2D eigenvalue weighted by Gasteiger charge is 2.27. The van der Waals surface area contributed by atoms with Crippen molar-refractivity contribution < 1.29 is 13.5 Å². The molecule has 0 amide bonds. The zero-order valence-electron chi connectivity index (χ0n) is 11.0. The van der Waals surface area contributed by atoms with Crippen molar-refractivity contribution in [1.82, 2.24) is 9.03 Å². The fourth-order valence-electron chi connectivity index (χ4n) is 2.21. The summed E-state index contributed by atoms with van der Waals surface area (Å²) in [5, 5.41) is 9.10. The van der Waals surface area contributed by atoms with Crippen molar-refractivity contribution >= 4 is 10.2 Å². The Kier molecular flexibility index (Phi) is 4.57. The van der Waals surface area contributed by atoms with Crippen LogP contribution in [0.4, 0.5) is 0 Å². The summed E-state index contributed by atoms with van der Waals surface area (Å²) >= 11 is 0. The summed E-state index contributed by atoms with van der Waals surface area (Å²) in [6.07, 6.45) is 1.30. The van der Waals surface area contributed by atoms with Gasteiger partial charge in [0.15, 0.2) is 0 Å². The Morgan fingerprint density at radius 1 is 1.37 bits per heavy atom. The highest BCUT2D eigenvalue weighted by atomic mass is 32.2. The van der Waals surface area contributed by atoms with E-state index in [1.807, 2.05) is 31.2 Å². The van der Waals surface area contributed by atoms with E-state index in [0.717, 1.165) is 12.0 Å². The number of aliphatic hydroxyl groups excluding tert-OH is 1. The van der Waals surface area contributed by atoms with Gasteiger partial charge >= 0.3 is 0 Å². The third kappa shape index (κ3) is 3.33. The van der Waals surface area contributed by atoms with Gasteiger partial charge in [0, 0.05) is 19.1 Å². The lowest BCUT2D eigenvalue weighted by molar-refractivity contribution is 0.250. The van der Waals surface area contributed by atoms with Gasteiger partial charge in [-0.2, -0.15) is 17.4 Å². The smallest absolute Gasteiger partial charge is 0.280 e. The Morgan fingerprint density at radius 3 is 2.68 bits per heavy atom. The average molecular weight is 284 g/mol. The first-order chi connectivity index (χ1) is 9.06. The Labute approximate surface area is 114 Å². The van der Waals surface area contributed by atoms with Gasteiger partial charge in [0.25, 0.3) is 10.2 Å². The molecule has 19 heavy (non-hydrogen) atoms. The minimum Gasteiger partial charge on any atom is -0.395 e. The standard InChI is InChI=1S/C13H20N2O3S/c1-2-13(10-16)14-19(17,18)15-8-7-11-5-3-4-6-12(11)9-15/h3-6,13-14,16H,2,7-10H2,1H3/t13-/m1/s1. The van der Waals surface area contributed by atoms with E-state index in [2.05, 4.69) is 4.72 Å². The molecule has 106 valence electrons. The van der Waals surface area contributed by atoms with E-state index >= 15 is 0 Å². The van der Waals surface area contributed by atoms with Crippen molar-refractivity contribution in [2.45, 2.75) is 32.4 Å². The predicted octanol–water partition coefficient (Wildman–Crippen LogP) is 0.650. The van der Waals surface area contributed by atoms with E-state index in [4.69, 9.17) is 5.11 Å². The van der Waals surface area contributed by atoms with Gasteiger partial charge < -0.3 is 5.11 Å². The highest BCUT2D eigenvalue weighted by molar-refractivity contribution is 7.87. The molecular formula is C13H20N2O3S. The lowest BCUT2D eigenvalue weighted by Gasteiger charge is -2.29. The SMILES string of the molecule is CC[C@H](CO)NS(=O)(=O)N1CCc2ccccc2C1. The molecule has 0 bridgehead atoms. The Morgan fingerprint density at radius 2 is 2.05 bits per heavy atom. The molecule has 0 unspecified atom stereocenters. The van der Waals surface area contributed by atoms with Crippen molar-refractivity contribution in [3.05, 3.63) is 35.4 Å². The van der Waals surface area contributed by atoms with Crippen LogP contribution in [0.25, 0.3) is 0 Å². The largest absolute Gasteiger partial charge is 0.395 e. The minimum absolute atomic E-state index is 0.180. The van der Waals surface area contributed by atoms with E-state index in [1.165, 1.54) is 9.87 Å². The van der Waals surface area contributed by atoms with E-state index in [0.29, 0.717) is 19.5 Å². The second-order valence-electron chi connectivity index (χ2n) is 4.76. The monoisotopic (exact) mass is 284 g/mol. The van der Waals surface area contributed by atoms with Gasteiger partial charge in [-0.15, -0.1) is 0 Å². The molecule has 0 aromatic heterocycles. The molecule has 0 saturated carbocycles. The zero-order chi connectivity index (χ0) is 13.9. The van der Waals surface area contributed by atoms with Crippen molar-refractivity contribution in [1.29, 1.82) is 0 Å². The Bertz CT molecular complexity index is 526. The number of rotatable bonds is 5. The summed E-state index contributed by atoms with van der Waals surface area (Å²) in [6.45, 7) is 2.54. The zero-order valence-corrected chi connectivity index (χ0v) is 11.9. The molecule has 0 saturated heterocycles. The lowest BCUT2D eigenvalue weighted by atomic mass is 10.0. The maximum absolute atomic E-state index is 12.2. The van der Waals surface area contributed by atoms with Gasteiger partial charge in [-0.3, -0.25) is 0 Å². The minimum atomic E-state index is -3.53. The first-order valence-corrected chi connectivity index (χ1v) is 7.96. The van der Waals surface area contributed by atoms with Crippen LogP contribution in [-0.2, 0) is 23.2 Å². The Hall–Kier alpha value is -0.950. The topological polar surface area (TPSA) is 69.6 Å². The summed E-state index contributed by atoms with van der Waals surface area (Å²) in [6, 6.07) is 7.47. The van der Waals surface area contributed by atoms with E-state index in [-0.39, 0.29) is 6.61 Å². The highest BCUT2D eigenvalue weighted by Crippen LogP contribution is 2.20. The first-order valence-electron chi connectivity index (χ1n) is 6.52. The normalized spacial score (nSPS) is 18.0. The molecule has 2 N–H and O–H groups in total. The summed E-state index contributed by atoms with van der Waals surface area (Å²) in [4.78, 5) is 0. The second-order valence-corrected chi connectivity index (χ2v) is 6.47. The molecule has 0 radical (unpaired) electrons. The number of nitrogens with one attached hydrogen (secondary N) is 1. The number of hydrogen-bond donors (Lipinski definition) is 2. The van der Waals surface area contributed by atoms with Crippen molar-refractivity contribution in [3.8, 4) is 0 Å². The van der Waals surface area contributed by atoms with Crippen LogP contribution >= 0.6 is 0 Å². The van der Waals surface area contributed by atoms with Gasteiger partial charge in [0.2, 0.25) is 0 Å². The van der Waals surface area contributed by atoms with Crippen LogP contribution in [0, 0.1) is 0 Å². The number of aliphatic hydroxyl groups is 1. The number of hydrogen-bond acceptors (Lipinski definition) is 3. The third-order valence-corrected chi connectivity index (χ3v) is 5.09. The molecule has 0 aliphatic carbocycles. The van der Waals surface area contributed by atoms with Crippen LogP contribution in [0.5, 0.6) is 0 Å². The van der Waals surface area contributed by atoms with Crippen LogP contribution in [0.2, 0.25) is 0 Å². The van der Waals surface area contributed by atoms with Crippen molar-refractivity contribution in [2.24, 2.45) is 0 Å². The lowest BCUT2D eigenvalue weighted by Crippen LogP contribution is -2.48. The first kappa shape index (κ1) is 14.5. The molecule has 1 heterocycles. The van der Waals surface area contributed by atoms with Gasteiger partial charge in [-0.05, 0) is 24.0 Å². The molecule has 1 atom stereocenters. The van der Waals surface area contributed by atoms with Gasteiger partial charge in [0.1, 0.15) is 0 Å². The van der Waals surface area contributed by atoms with Gasteiger partial charge in [-0.25, -0.2) is 0 Å². The summed E-state index contributed by atoms with van der Waals surface area (Å²) in [5.74, 6) is 0. The van der Waals surface area contributed by atoms with Crippen LogP contribution in [0.1, 0.15) is 24.5 Å². The molecule has 1 aliphatic heterocycles. The molecule has 0 spiro atoms. The Balaban J connectivity index is 2.11. The molecule has 1 aromatic carbocycles. The maximum atomic E-state index is 12.2. The van der Waals surface area contributed by atoms with E-state index in [9.17, 15) is 8.42 Å². The van der Waals surface area contributed by atoms with Gasteiger partial charge in [-0.1, -0.05) is 31.2 Å². The quantitative estimate of drug-likeness (QED) is 0.834. The molecule has 1 aliphatic rings. The van der Waals surface area contributed by atoms with E-state index < -0.39 is 16.3 Å². The predicted molar refractivity (Wildman–Crippen MR) is 73.8 cm³/mol. The molecule has 5 nitrogen and oxygen atoms in total. The van der Waals surface area contributed by atoms with Crippen LogP contribution in [-0.4, -0.2) is 37.0 Å². The third-order valence-electron chi connectivity index (χ3n) is 3.46. The maximum Gasteiger partial charge on any atom is 0.280 e. The number of nitrogens with zero attached hydrogens (tertiary/aromatic N) is 1. The van der Waals surface area contributed by atoms with E-state index in [1.54, 1.807) is 0 Å². The van der Waals surface area contributed by atoms with Crippen LogP contribution in [0.3, 0.4) is 0 Å². The van der Waals surface area contributed by atoms with Crippen LogP contribution in [0.15, 0.2) is 24.3 Å². The van der Waals surface area contributed by atoms with Crippen molar-refractivity contribution in [3.63, 3.8) is 0 Å². The summed E-state index contributed by atoms with van der Waals surface area (Å²) in [5.41, 5.74) is 2.26. The van der Waals surface area contributed by atoms with Gasteiger partial charge in [0.05, 0.1) is 6.61 Å². The molecule has 1 aromatic rings. The van der Waals surface area contributed by atoms with Crippen molar-refractivity contribution in [2.75, 3.05) is 13.2 Å². The summed E-state index contributed by atoms with van der Waals surface area (Å²) in [7, 11) is -3.53. The molecule has 6 heteroatoms. The van der Waals surface area contributed by atoms with Crippen LogP contribution < -0.4 is 4.72 Å². The fraction of sp³-hybridized carbons (Fsp3) is 0.538. The molecule has 0 fully saturated rings. The summed E-state index contributed by atoms with van der Waals surface area (Å²) < 4.78 is 28.4. The number of benzene rings is 1. The second kappa shape index (κ2) is 6.00. The fourth-order valence-corrected chi connectivity index (χ4v) is 3.66. The number of fused-ring (bicyclic) bond motifs is 1. The molecule has 2 rings (SSSR count). The average Bonchev–Trinajstić information content (AvgIpc) is 2.44. The molecular weight excluding hydrogens is 264 g/mol.